The Morgan fingerprint density at radius 1 is 1.02 bits per heavy atom. The Labute approximate surface area is 299 Å². The molecule has 0 spiro atoms. The fourth-order valence-corrected chi connectivity index (χ4v) is 11.7. The molecule has 9 nitrogen and oxygen atoms in total. The highest BCUT2D eigenvalue weighted by molar-refractivity contribution is 9.10. The number of methoxy groups -OCH3 is 1. The van der Waals surface area contributed by atoms with E-state index in [-0.39, 0.29) is 45.4 Å². The fraction of sp³-hybridized carbons (Fsp3) is 0.314. The summed E-state index contributed by atoms with van der Waals surface area (Å²) in [6.07, 6.45) is -3.99. The third-order valence-corrected chi connectivity index (χ3v) is 13.3. The first-order chi connectivity index (χ1) is 23.9. The maximum Gasteiger partial charge on any atom is 0.418 e. The standard InChI is InChI=1S/C35H27BrF3N3O6S2/c1-47-17-9-7-16(8-10-17)42-32(44)27-19-13-20(28(27)33(42)45)29-26(19)25(30-31(49-29)41-34(46)50-30)18-12-15(36)6-11-23(18)48-14-24(43)40-22-5-3-2-4-21(22)35(37,38)39/h2-12,19-20,25-29H,13-14H2,1H3,(H,40,43)(H,41,46)/t19-,20-,25-,26?,27?,28?,29?/m1/s1. The average Bonchev–Trinajstić information content (AvgIpc) is 3.82. The minimum absolute atomic E-state index is 0.0921. The fourth-order valence-electron chi connectivity index (χ4n) is 8.41. The number of carbonyl (C=O) groups is 3. The maximum atomic E-state index is 14.1. The van der Waals surface area contributed by atoms with Crippen LogP contribution >= 0.6 is 39.0 Å². The van der Waals surface area contributed by atoms with E-state index in [0.717, 1.165) is 22.3 Å². The number of H-pyrrole nitrogens is 1. The number of alkyl halides is 3. The molecule has 258 valence electrons. The number of aromatic nitrogens is 1. The minimum Gasteiger partial charge on any atom is -0.497 e. The van der Waals surface area contributed by atoms with Gasteiger partial charge in [-0.15, -0.1) is 11.8 Å². The largest absolute Gasteiger partial charge is 0.497 e. The van der Waals surface area contributed by atoms with Crippen molar-refractivity contribution in [2.24, 2.45) is 29.6 Å². The van der Waals surface area contributed by atoms with Crippen LogP contribution in [-0.4, -0.2) is 41.7 Å². The number of imide groups is 1. The van der Waals surface area contributed by atoms with Crippen molar-refractivity contribution in [3.63, 3.8) is 0 Å². The Hall–Kier alpha value is -4.08. The van der Waals surface area contributed by atoms with Crippen molar-refractivity contribution in [3.05, 3.63) is 96.9 Å². The highest BCUT2D eigenvalue weighted by atomic mass is 79.9. The van der Waals surface area contributed by atoms with E-state index < -0.39 is 42.0 Å². The van der Waals surface area contributed by atoms with Crippen LogP contribution in [0.15, 0.2) is 81.0 Å². The Morgan fingerprint density at radius 2 is 1.74 bits per heavy atom. The van der Waals surface area contributed by atoms with Crippen LogP contribution < -0.4 is 24.6 Å². The van der Waals surface area contributed by atoms with Gasteiger partial charge in [0.15, 0.2) is 6.61 Å². The molecule has 3 heterocycles. The molecule has 3 fully saturated rings. The van der Waals surface area contributed by atoms with E-state index >= 15 is 0 Å². The molecule has 4 aromatic rings. The van der Waals surface area contributed by atoms with E-state index in [1.165, 1.54) is 23.1 Å². The number of nitrogens with zero attached hydrogens (tertiary/aromatic N) is 1. The molecule has 0 radical (unpaired) electrons. The van der Waals surface area contributed by atoms with Crippen molar-refractivity contribution < 1.29 is 37.0 Å². The number of hydrogen-bond acceptors (Lipinski definition) is 8. The molecular formula is C35H27BrF3N3O6S2. The summed E-state index contributed by atoms with van der Waals surface area (Å²) < 4.78 is 52.6. The smallest absolute Gasteiger partial charge is 0.418 e. The predicted octanol–water partition coefficient (Wildman–Crippen LogP) is 6.92. The first-order valence-electron chi connectivity index (χ1n) is 15.7. The molecule has 2 bridgehead atoms. The van der Waals surface area contributed by atoms with Crippen LogP contribution in [0.4, 0.5) is 24.5 Å². The molecule has 3 aromatic carbocycles. The van der Waals surface area contributed by atoms with Crippen LogP contribution in [0.2, 0.25) is 0 Å². The summed E-state index contributed by atoms with van der Waals surface area (Å²) in [4.78, 5) is 58.6. The van der Waals surface area contributed by atoms with E-state index in [9.17, 15) is 32.3 Å². The minimum atomic E-state index is -4.66. The molecule has 3 amide bonds. The third-order valence-electron chi connectivity index (χ3n) is 10.2. The molecular weight excluding hydrogens is 759 g/mol. The van der Waals surface area contributed by atoms with E-state index in [1.54, 1.807) is 55.3 Å². The van der Waals surface area contributed by atoms with Crippen molar-refractivity contribution in [1.82, 2.24) is 4.98 Å². The lowest BCUT2D eigenvalue weighted by Gasteiger charge is -2.43. The lowest BCUT2D eigenvalue weighted by molar-refractivity contribution is -0.137. The van der Waals surface area contributed by atoms with Crippen molar-refractivity contribution >= 4 is 68.1 Å². The molecule has 7 atom stereocenters. The third kappa shape index (κ3) is 5.35. The predicted molar refractivity (Wildman–Crippen MR) is 184 cm³/mol. The van der Waals surface area contributed by atoms with Gasteiger partial charge in [0.05, 0.1) is 40.9 Å². The van der Waals surface area contributed by atoms with Crippen molar-refractivity contribution in [3.8, 4) is 11.5 Å². The zero-order valence-corrected chi connectivity index (χ0v) is 29.3. The van der Waals surface area contributed by atoms with Crippen LogP contribution in [0.1, 0.15) is 28.3 Å². The number of rotatable bonds is 7. The molecule has 15 heteroatoms. The second kappa shape index (κ2) is 12.3. The van der Waals surface area contributed by atoms with Crippen LogP contribution in [0.25, 0.3) is 0 Å². The zero-order chi connectivity index (χ0) is 35.1. The summed E-state index contributed by atoms with van der Waals surface area (Å²) in [7, 11) is 1.54. The lowest BCUT2D eigenvalue weighted by atomic mass is 9.68. The first kappa shape index (κ1) is 33.1. The summed E-state index contributed by atoms with van der Waals surface area (Å²) in [5, 5.41) is 2.92. The highest BCUT2D eigenvalue weighted by Gasteiger charge is 2.70. The van der Waals surface area contributed by atoms with E-state index in [4.69, 9.17) is 9.47 Å². The quantitative estimate of drug-likeness (QED) is 0.196. The second-order valence-electron chi connectivity index (χ2n) is 12.7. The number of anilines is 2. The van der Waals surface area contributed by atoms with E-state index in [1.807, 2.05) is 6.07 Å². The van der Waals surface area contributed by atoms with Gasteiger partial charge in [0.1, 0.15) is 11.5 Å². The number of para-hydroxylation sites is 1. The lowest BCUT2D eigenvalue weighted by Crippen LogP contribution is -2.42. The molecule has 2 aliphatic carbocycles. The molecule has 2 saturated carbocycles. The second-order valence-corrected chi connectivity index (χ2v) is 15.9. The van der Waals surface area contributed by atoms with Crippen molar-refractivity contribution in [1.29, 1.82) is 0 Å². The number of hydrogen-bond donors (Lipinski definition) is 2. The van der Waals surface area contributed by atoms with Gasteiger partial charge in [-0.2, -0.15) is 13.2 Å². The van der Waals surface area contributed by atoms with Crippen LogP contribution in [-0.2, 0) is 20.6 Å². The molecule has 2 aliphatic heterocycles. The van der Waals surface area contributed by atoms with Crippen molar-refractivity contribution in [2.45, 2.75) is 28.8 Å². The number of halogens is 4. The molecule has 8 rings (SSSR count). The van der Waals surface area contributed by atoms with Gasteiger partial charge >= 0.3 is 11.0 Å². The Morgan fingerprint density at radius 3 is 2.46 bits per heavy atom. The van der Waals surface area contributed by atoms with E-state index in [2.05, 4.69) is 26.2 Å². The van der Waals surface area contributed by atoms with Gasteiger partial charge in [0.2, 0.25) is 11.8 Å². The Balaban J connectivity index is 1.12. The number of aromatic amines is 1. The summed E-state index contributed by atoms with van der Waals surface area (Å²) in [5.74, 6) is -2.20. The number of carbonyl (C=O) groups excluding carboxylic acids is 3. The van der Waals surface area contributed by atoms with Crippen LogP contribution in [0.3, 0.4) is 0 Å². The molecule has 50 heavy (non-hydrogen) atoms. The van der Waals surface area contributed by atoms with Gasteiger partial charge < -0.3 is 19.8 Å². The SMILES string of the molecule is COc1ccc(N2C(=O)C3C(C2=O)[C@@H]2C[C@H]3C3Sc4[nH]c(=O)sc4[C@H](c4cc(Br)ccc4OCC(=O)Nc4ccccc4C(F)(F)F)C32)cc1. The van der Waals surface area contributed by atoms with Gasteiger partial charge in [-0.3, -0.25) is 24.1 Å². The number of benzene rings is 3. The molecule has 1 saturated heterocycles. The van der Waals surface area contributed by atoms with E-state index in [0.29, 0.717) is 38.7 Å². The Bertz CT molecular complexity index is 2100. The van der Waals surface area contributed by atoms with Gasteiger partial charge in [-0.05, 0) is 78.8 Å². The molecule has 2 N–H and O–H groups in total. The maximum absolute atomic E-state index is 14.1. The van der Waals surface area contributed by atoms with Gasteiger partial charge in [-0.25, -0.2) is 0 Å². The van der Waals surface area contributed by atoms with Crippen LogP contribution in [0, 0.1) is 29.6 Å². The summed E-state index contributed by atoms with van der Waals surface area (Å²) >= 11 is 6.18. The van der Waals surface area contributed by atoms with Gasteiger partial charge in [0, 0.05) is 26.1 Å². The monoisotopic (exact) mass is 785 g/mol. The summed E-state index contributed by atoms with van der Waals surface area (Å²) in [6.45, 7) is -0.576. The summed E-state index contributed by atoms with van der Waals surface area (Å²) in [6, 6.07) is 16.8. The van der Waals surface area contributed by atoms with Crippen LogP contribution in [0.5, 0.6) is 11.5 Å². The topological polar surface area (TPSA) is 118 Å². The number of thiazole rings is 1. The Kier molecular flexibility index (Phi) is 8.14. The normalized spacial score (nSPS) is 26.4. The van der Waals surface area contributed by atoms with Gasteiger partial charge in [0.25, 0.3) is 5.91 Å². The molecule has 1 aromatic heterocycles. The first-order valence-corrected chi connectivity index (χ1v) is 18.2. The number of ether oxygens (including phenoxy) is 2. The van der Waals surface area contributed by atoms with Crippen molar-refractivity contribution in [2.75, 3.05) is 23.9 Å². The number of fused-ring (bicyclic) bond motifs is 9. The number of amides is 3. The number of nitrogens with one attached hydrogen (secondary N) is 2. The summed E-state index contributed by atoms with van der Waals surface area (Å²) in [5.41, 5.74) is -0.195. The number of thioether (sulfide) groups is 1. The van der Waals surface area contributed by atoms with Gasteiger partial charge in [-0.1, -0.05) is 39.4 Å². The average molecular weight is 787 g/mol. The molecule has 4 aliphatic rings. The zero-order valence-electron chi connectivity index (χ0n) is 26.0. The molecule has 4 unspecified atom stereocenters. The highest BCUT2D eigenvalue weighted by Crippen LogP contribution is 2.69.